The highest BCUT2D eigenvalue weighted by atomic mass is 16.5. The molecule has 0 radical (unpaired) electrons. The zero-order valence-electron chi connectivity index (χ0n) is 13.9. The molecule has 3 aliphatic heterocycles. The molecule has 2 saturated heterocycles. The molecule has 0 saturated carbocycles. The van der Waals surface area contributed by atoms with Gasteiger partial charge in [-0.25, -0.2) is 0 Å². The van der Waals surface area contributed by atoms with Gasteiger partial charge in [0, 0.05) is 31.6 Å². The van der Waals surface area contributed by atoms with E-state index in [-0.39, 0.29) is 24.1 Å². The third-order valence-electron chi connectivity index (χ3n) is 5.53. The average molecular weight is 343 g/mol. The van der Waals surface area contributed by atoms with E-state index in [1.807, 2.05) is 12.1 Å². The minimum absolute atomic E-state index is 0.133. The van der Waals surface area contributed by atoms with Gasteiger partial charge in [0.15, 0.2) is 0 Å². The molecule has 3 heterocycles. The molecule has 7 nitrogen and oxygen atoms in total. The first-order chi connectivity index (χ1) is 12.0. The van der Waals surface area contributed by atoms with Crippen LogP contribution in [0.5, 0.6) is 0 Å². The number of carbonyl (C=O) groups is 3. The highest BCUT2D eigenvalue weighted by molar-refractivity contribution is 6.05. The number of hydroxylamine groups is 2. The van der Waals surface area contributed by atoms with Crippen molar-refractivity contribution in [2.45, 2.75) is 44.2 Å². The number of benzene rings is 1. The quantitative estimate of drug-likeness (QED) is 0.783. The Bertz CT molecular complexity index is 740. The van der Waals surface area contributed by atoms with Gasteiger partial charge < -0.3 is 10.1 Å². The van der Waals surface area contributed by atoms with Gasteiger partial charge in [0.05, 0.1) is 0 Å². The Morgan fingerprint density at radius 1 is 1.08 bits per heavy atom. The summed E-state index contributed by atoms with van der Waals surface area (Å²) >= 11 is 0. The maximum absolute atomic E-state index is 12.8. The number of fused-ring (bicyclic) bond motifs is 1. The summed E-state index contributed by atoms with van der Waals surface area (Å²) in [6.07, 6.45) is 2.33. The van der Waals surface area contributed by atoms with Crippen molar-refractivity contribution >= 4 is 17.7 Å². The number of imide groups is 1. The lowest BCUT2D eigenvalue weighted by Gasteiger charge is -2.30. The zero-order chi connectivity index (χ0) is 17.6. The maximum Gasteiger partial charge on any atom is 0.255 e. The summed E-state index contributed by atoms with van der Waals surface area (Å²) in [5.41, 5.74) is 2.80. The standard InChI is InChI=1S/C18H21N3O4/c22-16-5-4-15(17(23)19-16)21-10-14-12(2-1-3-13(14)18(21)24)11-6-8-20(25)9-7-11/h1-3,11,15,25H,4-10H2,(H,19,22,23). The molecular weight excluding hydrogens is 322 g/mol. The molecule has 1 aromatic carbocycles. The molecule has 0 aliphatic carbocycles. The van der Waals surface area contributed by atoms with Crippen molar-refractivity contribution in [3.63, 3.8) is 0 Å². The second kappa shape index (κ2) is 6.24. The van der Waals surface area contributed by atoms with E-state index >= 15 is 0 Å². The fraction of sp³-hybridized carbons (Fsp3) is 0.500. The van der Waals surface area contributed by atoms with Gasteiger partial charge in [0.1, 0.15) is 6.04 Å². The molecule has 0 aromatic heterocycles. The predicted octanol–water partition coefficient (Wildman–Crippen LogP) is 1.02. The second-order valence-corrected chi connectivity index (χ2v) is 7.00. The third-order valence-corrected chi connectivity index (χ3v) is 5.53. The van der Waals surface area contributed by atoms with E-state index in [4.69, 9.17) is 0 Å². The van der Waals surface area contributed by atoms with E-state index in [0.717, 1.165) is 24.0 Å². The van der Waals surface area contributed by atoms with Crippen LogP contribution in [0.1, 0.15) is 53.1 Å². The second-order valence-electron chi connectivity index (χ2n) is 7.00. The van der Waals surface area contributed by atoms with E-state index in [1.54, 1.807) is 4.90 Å². The molecule has 4 rings (SSSR count). The van der Waals surface area contributed by atoms with E-state index in [2.05, 4.69) is 11.4 Å². The topological polar surface area (TPSA) is 90.0 Å². The van der Waals surface area contributed by atoms with Crippen molar-refractivity contribution in [2.75, 3.05) is 13.1 Å². The fourth-order valence-electron chi connectivity index (χ4n) is 4.17. The molecule has 2 fully saturated rings. The highest BCUT2D eigenvalue weighted by Gasteiger charge is 2.40. The lowest BCUT2D eigenvalue weighted by atomic mass is 9.86. The molecule has 0 spiro atoms. The Morgan fingerprint density at radius 2 is 1.84 bits per heavy atom. The van der Waals surface area contributed by atoms with Gasteiger partial charge in [-0.05, 0) is 42.4 Å². The van der Waals surface area contributed by atoms with Gasteiger partial charge in [-0.15, -0.1) is 0 Å². The predicted molar refractivity (Wildman–Crippen MR) is 87.8 cm³/mol. The van der Waals surface area contributed by atoms with Gasteiger partial charge in [0.25, 0.3) is 5.91 Å². The Kier molecular flexibility index (Phi) is 4.05. The Balaban J connectivity index is 1.60. The van der Waals surface area contributed by atoms with Crippen molar-refractivity contribution in [1.82, 2.24) is 15.3 Å². The van der Waals surface area contributed by atoms with Crippen LogP contribution < -0.4 is 5.32 Å². The third kappa shape index (κ3) is 2.83. The molecule has 3 amide bonds. The fourth-order valence-corrected chi connectivity index (χ4v) is 4.17. The molecule has 1 aromatic rings. The van der Waals surface area contributed by atoms with Gasteiger partial charge >= 0.3 is 0 Å². The largest absolute Gasteiger partial charge is 0.322 e. The number of nitrogens with zero attached hydrogens (tertiary/aromatic N) is 2. The Labute approximate surface area is 145 Å². The SMILES string of the molecule is O=C1CCC(N2Cc3c(cccc3C3CCN(O)CC3)C2=O)C(=O)N1. The summed E-state index contributed by atoms with van der Waals surface area (Å²) in [6.45, 7) is 1.66. The monoisotopic (exact) mass is 343 g/mol. The molecule has 25 heavy (non-hydrogen) atoms. The summed E-state index contributed by atoms with van der Waals surface area (Å²) in [6, 6.07) is 5.18. The van der Waals surface area contributed by atoms with Crippen LogP contribution in [0.2, 0.25) is 0 Å². The molecule has 2 N–H and O–H groups in total. The minimum Gasteiger partial charge on any atom is -0.322 e. The van der Waals surface area contributed by atoms with Gasteiger partial charge in [-0.2, -0.15) is 5.06 Å². The van der Waals surface area contributed by atoms with Gasteiger partial charge in [0.2, 0.25) is 11.8 Å². The van der Waals surface area contributed by atoms with Crippen molar-refractivity contribution in [3.05, 3.63) is 34.9 Å². The Hall–Kier alpha value is -2.25. The lowest BCUT2D eigenvalue weighted by Crippen LogP contribution is -2.52. The van der Waals surface area contributed by atoms with Crippen molar-refractivity contribution < 1.29 is 19.6 Å². The minimum atomic E-state index is -0.579. The first-order valence-electron chi connectivity index (χ1n) is 8.75. The molecule has 1 unspecified atom stereocenters. The van der Waals surface area contributed by atoms with Crippen molar-refractivity contribution in [1.29, 1.82) is 0 Å². The van der Waals surface area contributed by atoms with Crippen LogP contribution >= 0.6 is 0 Å². The first kappa shape index (κ1) is 16.2. The van der Waals surface area contributed by atoms with Crippen LogP contribution in [0.25, 0.3) is 0 Å². The van der Waals surface area contributed by atoms with E-state index in [0.29, 0.717) is 37.5 Å². The van der Waals surface area contributed by atoms with Crippen LogP contribution in [-0.2, 0) is 16.1 Å². The van der Waals surface area contributed by atoms with Crippen LogP contribution in [0.4, 0.5) is 0 Å². The smallest absolute Gasteiger partial charge is 0.255 e. The number of piperidine rings is 2. The number of amides is 3. The van der Waals surface area contributed by atoms with Crippen LogP contribution in [0, 0.1) is 0 Å². The van der Waals surface area contributed by atoms with E-state index in [1.165, 1.54) is 5.06 Å². The zero-order valence-corrected chi connectivity index (χ0v) is 13.9. The summed E-state index contributed by atoms with van der Waals surface area (Å²) in [5.74, 6) is -0.479. The average Bonchev–Trinajstić information content (AvgIpc) is 2.93. The summed E-state index contributed by atoms with van der Waals surface area (Å²) in [4.78, 5) is 37.9. The van der Waals surface area contributed by atoms with Crippen LogP contribution in [-0.4, -0.2) is 52.0 Å². The molecular formula is C18H21N3O4. The van der Waals surface area contributed by atoms with Crippen LogP contribution in [0.3, 0.4) is 0 Å². The molecule has 132 valence electrons. The van der Waals surface area contributed by atoms with Crippen molar-refractivity contribution in [2.24, 2.45) is 0 Å². The maximum atomic E-state index is 12.8. The summed E-state index contributed by atoms with van der Waals surface area (Å²) in [5, 5.41) is 13.2. The molecule has 3 aliphatic rings. The first-order valence-corrected chi connectivity index (χ1v) is 8.75. The summed E-state index contributed by atoms with van der Waals surface area (Å²) in [7, 11) is 0. The van der Waals surface area contributed by atoms with Gasteiger partial charge in [-0.3, -0.25) is 19.7 Å². The molecule has 1 atom stereocenters. The number of carbonyl (C=O) groups excluding carboxylic acids is 3. The normalized spacial score (nSPS) is 25.2. The number of hydrogen-bond donors (Lipinski definition) is 2. The Morgan fingerprint density at radius 3 is 2.56 bits per heavy atom. The van der Waals surface area contributed by atoms with E-state index < -0.39 is 6.04 Å². The highest BCUT2D eigenvalue weighted by Crippen LogP contribution is 2.36. The number of rotatable bonds is 2. The van der Waals surface area contributed by atoms with Crippen LogP contribution in [0.15, 0.2) is 18.2 Å². The summed E-state index contributed by atoms with van der Waals surface area (Å²) < 4.78 is 0. The van der Waals surface area contributed by atoms with Crippen molar-refractivity contribution in [3.8, 4) is 0 Å². The van der Waals surface area contributed by atoms with Gasteiger partial charge in [-0.1, -0.05) is 12.1 Å². The molecule has 7 heteroatoms. The molecule has 0 bridgehead atoms. The van der Waals surface area contributed by atoms with E-state index in [9.17, 15) is 19.6 Å². The number of nitrogens with one attached hydrogen (secondary N) is 1. The number of hydrogen-bond acceptors (Lipinski definition) is 5. The lowest BCUT2D eigenvalue weighted by molar-refractivity contribution is -0.136.